The van der Waals surface area contributed by atoms with E-state index < -0.39 is 0 Å². The van der Waals surface area contributed by atoms with Gasteiger partial charge >= 0.3 is 0 Å². The summed E-state index contributed by atoms with van der Waals surface area (Å²) < 4.78 is 12.5. The molecule has 0 aliphatic carbocycles. The monoisotopic (exact) mass is 487 g/mol. The molecule has 2 N–H and O–H groups in total. The Bertz CT molecular complexity index is 1200. The first-order valence-corrected chi connectivity index (χ1v) is 11.6. The number of hydrogen-bond acceptors (Lipinski definition) is 7. The number of ether oxygens (including phenoxy) is 2. The largest absolute Gasteiger partial charge is 0.454 e. The van der Waals surface area contributed by atoms with E-state index in [4.69, 9.17) is 21.1 Å². The van der Waals surface area contributed by atoms with Crippen LogP contribution in [-0.2, 0) is 17.9 Å². The quantitative estimate of drug-likeness (QED) is 0.467. The second kappa shape index (κ2) is 10.1. The standard InChI is InChI=1S/C22H22ClN5O4S/c1-3-28-19(10-24-21(30)14-4-7-17-18(9-14)32-12-31-17)26-27-22(28)33-11-20(29)25-16-6-5-15(23)8-13(16)2/h4-9H,3,10-12H2,1-2H3,(H,24,30)(H,25,29). The number of nitrogens with one attached hydrogen (secondary N) is 2. The lowest BCUT2D eigenvalue weighted by Crippen LogP contribution is -2.24. The molecule has 0 radical (unpaired) electrons. The van der Waals surface area contributed by atoms with E-state index >= 15 is 0 Å². The van der Waals surface area contributed by atoms with E-state index in [1.54, 1.807) is 36.4 Å². The second-order valence-corrected chi connectivity index (χ2v) is 8.57. The Hall–Kier alpha value is -3.24. The molecule has 9 nitrogen and oxygen atoms in total. The number of carbonyl (C=O) groups excluding carboxylic acids is 2. The van der Waals surface area contributed by atoms with Gasteiger partial charge in [-0.1, -0.05) is 23.4 Å². The number of aryl methyl sites for hydroxylation is 1. The maximum atomic E-state index is 12.5. The molecule has 0 bridgehead atoms. The number of hydrogen-bond donors (Lipinski definition) is 2. The van der Waals surface area contributed by atoms with Crippen LogP contribution in [0, 0.1) is 6.92 Å². The third kappa shape index (κ3) is 5.40. The Labute approximate surface area is 199 Å². The van der Waals surface area contributed by atoms with Crippen molar-refractivity contribution in [1.82, 2.24) is 20.1 Å². The zero-order chi connectivity index (χ0) is 23.4. The summed E-state index contributed by atoms with van der Waals surface area (Å²) in [6, 6.07) is 10.3. The van der Waals surface area contributed by atoms with Crippen LogP contribution in [0.5, 0.6) is 11.5 Å². The average molecular weight is 488 g/mol. The van der Waals surface area contributed by atoms with Crippen LogP contribution in [0.25, 0.3) is 0 Å². The van der Waals surface area contributed by atoms with Crippen molar-refractivity contribution >= 4 is 40.9 Å². The Morgan fingerprint density at radius 1 is 1.15 bits per heavy atom. The first-order valence-electron chi connectivity index (χ1n) is 10.2. The Kier molecular flexibility index (Phi) is 7.05. The molecule has 0 atom stereocenters. The van der Waals surface area contributed by atoms with Crippen molar-refractivity contribution in [1.29, 1.82) is 0 Å². The van der Waals surface area contributed by atoms with E-state index in [1.807, 2.05) is 18.4 Å². The van der Waals surface area contributed by atoms with Gasteiger partial charge in [-0.3, -0.25) is 9.59 Å². The van der Waals surface area contributed by atoms with Gasteiger partial charge in [-0.15, -0.1) is 10.2 Å². The molecular formula is C22H22ClN5O4S. The number of aromatic nitrogens is 3. The van der Waals surface area contributed by atoms with Crippen LogP contribution >= 0.6 is 23.4 Å². The fourth-order valence-electron chi connectivity index (χ4n) is 3.26. The predicted molar refractivity (Wildman–Crippen MR) is 125 cm³/mol. The molecule has 0 saturated heterocycles. The topological polar surface area (TPSA) is 107 Å². The van der Waals surface area contributed by atoms with Gasteiger partial charge in [-0.2, -0.15) is 0 Å². The number of thioether (sulfide) groups is 1. The van der Waals surface area contributed by atoms with Crippen LogP contribution in [0.4, 0.5) is 5.69 Å². The number of fused-ring (bicyclic) bond motifs is 1. The highest BCUT2D eigenvalue weighted by Crippen LogP contribution is 2.32. The minimum absolute atomic E-state index is 0.151. The fourth-order valence-corrected chi connectivity index (χ4v) is 4.30. The molecule has 2 aromatic carbocycles. The zero-order valence-electron chi connectivity index (χ0n) is 18.1. The predicted octanol–water partition coefficient (Wildman–Crippen LogP) is 3.65. The molecular weight excluding hydrogens is 466 g/mol. The van der Waals surface area contributed by atoms with Crippen LogP contribution in [0.2, 0.25) is 5.02 Å². The lowest BCUT2D eigenvalue weighted by molar-refractivity contribution is -0.113. The molecule has 1 aromatic heterocycles. The number of halogens is 1. The van der Waals surface area contributed by atoms with Gasteiger partial charge in [-0.25, -0.2) is 0 Å². The van der Waals surface area contributed by atoms with E-state index in [1.165, 1.54) is 11.8 Å². The number of carbonyl (C=O) groups is 2. The molecule has 0 spiro atoms. The van der Waals surface area contributed by atoms with E-state index in [0.29, 0.717) is 45.3 Å². The van der Waals surface area contributed by atoms with Gasteiger partial charge in [0.2, 0.25) is 12.7 Å². The summed E-state index contributed by atoms with van der Waals surface area (Å²) in [6.45, 7) is 4.78. The van der Waals surface area contributed by atoms with Crippen LogP contribution in [-0.4, -0.2) is 39.1 Å². The smallest absolute Gasteiger partial charge is 0.251 e. The normalized spacial score (nSPS) is 12.0. The second-order valence-electron chi connectivity index (χ2n) is 7.19. The van der Waals surface area contributed by atoms with Crippen LogP contribution in [0.3, 0.4) is 0 Å². The highest BCUT2D eigenvalue weighted by Gasteiger charge is 2.18. The fraction of sp³-hybridized carbons (Fsp3) is 0.273. The molecule has 0 fully saturated rings. The third-order valence-electron chi connectivity index (χ3n) is 4.95. The van der Waals surface area contributed by atoms with Gasteiger partial charge in [0.05, 0.1) is 12.3 Å². The Balaban J connectivity index is 1.33. The lowest BCUT2D eigenvalue weighted by Gasteiger charge is -2.10. The molecule has 4 rings (SSSR count). The third-order valence-corrected chi connectivity index (χ3v) is 6.15. The van der Waals surface area contributed by atoms with E-state index in [9.17, 15) is 9.59 Å². The Morgan fingerprint density at radius 2 is 1.97 bits per heavy atom. The summed E-state index contributed by atoms with van der Waals surface area (Å²) in [5.74, 6) is 1.52. The summed E-state index contributed by atoms with van der Waals surface area (Å²) in [4.78, 5) is 24.9. The van der Waals surface area contributed by atoms with Gasteiger partial charge in [0.15, 0.2) is 22.5 Å². The first-order chi connectivity index (χ1) is 15.9. The van der Waals surface area contributed by atoms with Crippen LogP contribution in [0.1, 0.15) is 28.7 Å². The molecule has 1 aliphatic rings. The summed E-state index contributed by atoms with van der Waals surface area (Å²) in [6.07, 6.45) is 0. The summed E-state index contributed by atoms with van der Waals surface area (Å²) in [5.41, 5.74) is 2.07. The molecule has 3 aromatic rings. The van der Waals surface area contributed by atoms with Crippen molar-refractivity contribution in [3.05, 3.63) is 58.4 Å². The molecule has 33 heavy (non-hydrogen) atoms. The highest BCUT2D eigenvalue weighted by molar-refractivity contribution is 7.99. The van der Waals surface area contributed by atoms with Gasteiger partial charge in [0.25, 0.3) is 5.91 Å². The number of amides is 2. The summed E-state index contributed by atoms with van der Waals surface area (Å²) in [5, 5.41) is 15.3. The summed E-state index contributed by atoms with van der Waals surface area (Å²) in [7, 11) is 0. The molecule has 0 unspecified atom stereocenters. The zero-order valence-corrected chi connectivity index (χ0v) is 19.6. The summed E-state index contributed by atoms with van der Waals surface area (Å²) >= 11 is 7.24. The average Bonchev–Trinajstić information content (AvgIpc) is 3.43. The SMILES string of the molecule is CCn1c(CNC(=O)c2ccc3c(c2)OCO3)nnc1SCC(=O)Nc1ccc(Cl)cc1C. The minimum Gasteiger partial charge on any atom is -0.454 e. The molecule has 2 amide bonds. The number of anilines is 1. The first kappa shape index (κ1) is 22.9. The number of benzene rings is 2. The van der Waals surface area contributed by atoms with Crippen LogP contribution in [0.15, 0.2) is 41.6 Å². The van der Waals surface area contributed by atoms with Crippen molar-refractivity contribution < 1.29 is 19.1 Å². The molecule has 1 aliphatic heterocycles. The maximum Gasteiger partial charge on any atom is 0.251 e. The van der Waals surface area contributed by atoms with Crippen molar-refractivity contribution in [2.24, 2.45) is 0 Å². The Morgan fingerprint density at radius 3 is 2.76 bits per heavy atom. The van der Waals surface area contributed by atoms with E-state index in [0.717, 1.165) is 5.56 Å². The van der Waals surface area contributed by atoms with E-state index in [-0.39, 0.29) is 30.9 Å². The molecule has 2 heterocycles. The van der Waals surface area contributed by atoms with Crippen molar-refractivity contribution in [3.63, 3.8) is 0 Å². The molecule has 172 valence electrons. The van der Waals surface area contributed by atoms with E-state index in [2.05, 4.69) is 20.8 Å². The van der Waals surface area contributed by atoms with Gasteiger partial charge in [0, 0.05) is 22.8 Å². The molecule has 0 saturated carbocycles. The number of nitrogens with zero attached hydrogens (tertiary/aromatic N) is 3. The van der Waals surface area contributed by atoms with Crippen molar-refractivity contribution in [2.45, 2.75) is 32.1 Å². The van der Waals surface area contributed by atoms with Gasteiger partial charge in [-0.05, 0) is 55.8 Å². The minimum atomic E-state index is -0.258. The maximum absolute atomic E-state index is 12.5. The molecule has 11 heteroatoms. The number of rotatable bonds is 8. The lowest BCUT2D eigenvalue weighted by atomic mass is 10.2. The van der Waals surface area contributed by atoms with Crippen molar-refractivity contribution in [2.75, 3.05) is 17.9 Å². The van der Waals surface area contributed by atoms with Gasteiger partial charge < -0.3 is 24.7 Å². The highest BCUT2D eigenvalue weighted by atomic mass is 35.5. The van der Waals surface area contributed by atoms with Crippen LogP contribution < -0.4 is 20.1 Å². The van der Waals surface area contributed by atoms with Gasteiger partial charge in [0.1, 0.15) is 0 Å². The van der Waals surface area contributed by atoms with Crippen molar-refractivity contribution in [3.8, 4) is 11.5 Å².